The second kappa shape index (κ2) is 5.35. The summed E-state index contributed by atoms with van der Waals surface area (Å²) >= 11 is 4.41. The number of sulfonamides is 1. The van der Waals surface area contributed by atoms with Crippen molar-refractivity contribution in [3.63, 3.8) is 0 Å². The fourth-order valence-electron chi connectivity index (χ4n) is 1.25. The van der Waals surface area contributed by atoms with Gasteiger partial charge in [-0.1, -0.05) is 0 Å². The number of hydrogen-bond donors (Lipinski definition) is 2. The van der Waals surface area contributed by atoms with E-state index in [1.807, 2.05) is 0 Å². The van der Waals surface area contributed by atoms with E-state index in [9.17, 15) is 8.42 Å². The number of aromatic nitrogens is 1. The molecule has 18 heavy (non-hydrogen) atoms. The van der Waals surface area contributed by atoms with Crippen molar-refractivity contribution in [1.29, 1.82) is 0 Å². The number of aliphatic hydroxyl groups excluding tert-OH is 1. The molecule has 0 amide bonds. The minimum absolute atomic E-state index is 0.139. The molecule has 0 fully saturated rings. The van der Waals surface area contributed by atoms with Crippen LogP contribution in [0.3, 0.4) is 0 Å². The van der Waals surface area contributed by atoms with E-state index in [4.69, 9.17) is 5.11 Å². The maximum absolute atomic E-state index is 12.1. The highest BCUT2D eigenvalue weighted by atomic mass is 79.9. The summed E-state index contributed by atoms with van der Waals surface area (Å²) in [5, 5.41) is 10.4. The number of nitrogens with one attached hydrogen (secondary N) is 1. The van der Waals surface area contributed by atoms with E-state index in [1.54, 1.807) is 6.07 Å². The van der Waals surface area contributed by atoms with E-state index in [0.717, 1.165) is 0 Å². The number of anilines is 1. The Morgan fingerprint density at radius 3 is 2.89 bits per heavy atom. The number of hydrogen-bond acceptors (Lipinski definition) is 5. The Hall–Kier alpha value is -0.960. The van der Waals surface area contributed by atoms with Crippen LogP contribution in [0.15, 0.2) is 39.3 Å². The topological polar surface area (TPSA) is 79.3 Å². The van der Waals surface area contributed by atoms with Crippen molar-refractivity contribution in [3.8, 4) is 0 Å². The summed E-state index contributed by atoms with van der Waals surface area (Å²) in [6.45, 7) is -0.168. The van der Waals surface area contributed by atoms with Crippen molar-refractivity contribution in [1.82, 2.24) is 4.98 Å². The van der Waals surface area contributed by atoms with Crippen LogP contribution in [0.4, 0.5) is 5.69 Å². The van der Waals surface area contributed by atoms with Gasteiger partial charge in [0.2, 0.25) is 0 Å². The number of rotatable bonds is 4. The number of thiophene rings is 1. The molecule has 5 nitrogen and oxygen atoms in total. The Kier molecular flexibility index (Phi) is 4.00. The Labute approximate surface area is 117 Å². The van der Waals surface area contributed by atoms with Gasteiger partial charge in [0.25, 0.3) is 10.0 Å². The third kappa shape index (κ3) is 2.89. The van der Waals surface area contributed by atoms with Gasteiger partial charge in [0, 0.05) is 22.7 Å². The second-order valence-electron chi connectivity index (χ2n) is 3.37. The standard InChI is InChI=1S/C10H9BrN2O3S2/c11-9-4-12-2-1-10(9)13-18(15,16)8-3-7(5-14)17-6-8/h1-4,6,14H,5H2,(H,12,13). The summed E-state index contributed by atoms with van der Waals surface area (Å²) in [6.07, 6.45) is 3.00. The highest BCUT2D eigenvalue weighted by molar-refractivity contribution is 9.10. The van der Waals surface area contributed by atoms with E-state index in [2.05, 4.69) is 25.6 Å². The lowest BCUT2D eigenvalue weighted by molar-refractivity contribution is 0.285. The molecule has 2 heterocycles. The van der Waals surface area contributed by atoms with Crippen molar-refractivity contribution in [2.45, 2.75) is 11.5 Å². The molecule has 0 spiro atoms. The molecule has 0 aliphatic rings. The van der Waals surface area contributed by atoms with Crippen LogP contribution in [0, 0.1) is 0 Å². The number of pyridine rings is 1. The summed E-state index contributed by atoms with van der Waals surface area (Å²) < 4.78 is 27.1. The Bertz CT molecular complexity index is 655. The smallest absolute Gasteiger partial charge is 0.262 e. The molecule has 0 aliphatic carbocycles. The SMILES string of the molecule is O=S(=O)(Nc1ccncc1Br)c1csc(CO)c1. The maximum atomic E-state index is 12.1. The first-order valence-electron chi connectivity index (χ1n) is 4.83. The van der Waals surface area contributed by atoms with Crippen LogP contribution in [0.2, 0.25) is 0 Å². The van der Waals surface area contributed by atoms with Crippen LogP contribution in [-0.4, -0.2) is 18.5 Å². The van der Waals surface area contributed by atoms with Gasteiger partial charge in [-0.05, 0) is 28.1 Å². The van der Waals surface area contributed by atoms with Crippen molar-refractivity contribution in [2.75, 3.05) is 4.72 Å². The predicted octanol–water partition coefficient (Wildman–Crippen LogP) is 2.20. The molecular formula is C10H9BrN2O3S2. The van der Waals surface area contributed by atoms with Crippen LogP contribution in [0.25, 0.3) is 0 Å². The molecule has 2 aromatic rings. The zero-order valence-electron chi connectivity index (χ0n) is 9.00. The van der Waals surface area contributed by atoms with E-state index >= 15 is 0 Å². The van der Waals surface area contributed by atoms with Gasteiger partial charge < -0.3 is 5.11 Å². The number of nitrogens with zero attached hydrogens (tertiary/aromatic N) is 1. The third-order valence-electron chi connectivity index (χ3n) is 2.11. The monoisotopic (exact) mass is 348 g/mol. The molecule has 0 bridgehead atoms. The zero-order valence-corrected chi connectivity index (χ0v) is 12.2. The van der Waals surface area contributed by atoms with Crippen LogP contribution >= 0.6 is 27.3 Å². The van der Waals surface area contributed by atoms with Crippen LogP contribution < -0.4 is 4.72 Å². The summed E-state index contributed by atoms with van der Waals surface area (Å²) in [5.41, 5.74) is 0.418. The molecule has 2 N–H and O–H groups in total. The normalized spacial score (nSPS) is 11.4. The summed E-state index contributed by atoms with van der Waals surface area (Å²) in [7, 11) is -3.63. The van der Waals surface area contributed by atoms with Gasteiger partial charge in [-0.25, -0.2) is 8.42 Å². The Balaban J connectivity index is 2.30. The fourth-order valence-corrected chi connectivity index (χ4v) is 3.94. The fraction of sp³-hybridized carbons (Fsp3) is 0.100. The molecule has 2 rings (SSSR count). The molecule has 2 aromatic heterocycles. The average Bonchev–Trinajstić information content (AvgIpc) is 2.81. The lowest BCUT2D eigenvalue weighted by atomic mass is 10.4. The van der Waals surface area contributed by atoms with E-state index in [0.29, 0.717) is 15.0 Å². The molecule has 8 heteroatoms. The Morgan fingerprint density at radius 2 is 2.28 bits per heavy atom. The molecule has 0 saturated heterocycles. The lowest BCUT2D eigenvalue weighted by Crippen LogP contribution is -2.12. The molecular weight excluding hydrogens is 340 g/mol. The van der Waals surface area contributed by atoms with Crippen molar-refractivity contribution in [2.24, 2.45) is 0 Å². The van der Waals surface area contributed by atoms with E-state index in [-0.39, 0.29) is 11.5 Å². The molecule has 0 saturated carbocycles. The van der Waals surface area contributed by atoms with Gasteiger partial charge in [0.15, 0.2) is 0 Å². The van der Waals surface area contributed by atoms with E-state index < -0.39 is 10.0 Å². The molecule has 96 valence electrons. The van der Waals surface area contributed by atoms with E-state index in [1.165, 1.54) is 35.2 Å². The van der Waals surface area contributed by atoms with Crippen molar-refractivity contribution < 1.29 is 13.5 Å². The van der Waals surface area contributed by atoms with Crippen molar-refractivity contribution >= 4 is 43.0 Å². The van der Waals surface area contributed by atoms with Crippen molar-refractivity contribution in [3.05, 3.63) is 39.3 Å². The molecule has 0 aromatic carbocycles. The minimum atomic E-state index is -3.63. The first-order valence-corrected chi connectivity index (χ1v) is 7.99. The van der Waals surface area contributed by atoms with Gasteiger partial charge in [-0.15, -0.1) is 11.3 Å². The van der Waals surface area contributed by atoms with Crippen LogP contribution in [0.5, 0.6) is 0 Å². The molecule has 0 atom stereocenters. The second-order valence-corrected chi connectivity index (χ2v) is 6.90. The largest absolute Gasteiger partial charge is 0.391 e. The molecule has 0 unspecified atom stereocenters. The maximum Gasteiger partial charge on any atom is 0.262 e. The summed E-state index contributed by atoms with van der Waals surface area (Å²) in [4.78, 5) is 4.59. The van der Waals surface area contributed by atoms with Gasteiger partial charge in [-0.3, -0.25) is 9.71 Å². The molecule has 0 radical (unpaired) electrons. The molecule has 0 aliphatic heterocycles. The summed E-state index contributed by atoms with van der Waals surface area (Å²) in [5.74, 6) is 0. The lowest BCUT2D eigenvalue weighted by Gasteiger charge is -2.07. The third-order valence-corrected chi connectivity index (χ3v) is 5.16. The Morgan fingerprint density at radius 1 is 1.50 bits per heavy atom. The minimum Gasteiger partial charge on any atom is -0.391 e. The highest BCUT2D eigenvalue weighted by Gasteiger charge is 2.17. The van der Waals surface area contributed by atoms with Gasteiger partial charge in [-0.2, -0.15) is 0 Å². The average molecular weight is 349 g/mol. The quantitative estimate of drug-likeness (QED) is 0.887. The van der Waals surface area contributed by atoms with Gasteiger partial charge in [0.1, 0.15) is 0 Å². The first kappa shape index (κ1) is 13.5. The summed E-state index contributed by atoms with van der Waals surface area (Å²) in [6, 6.07) is 3.00. The zero-order chi connectivity index (χ0) is 13.2. The number of aliphatic hydroxyl groups is 1. The van der Waals surface area contributed by atoms with Crippen LogP contribution in [0.1, 0.15) is 4.88 Å². The van der Waals surface area contributed by atoms with Crippen LogP contribution in [-0.2, 0) is 16.6 Å². The highest BCUT2D eigenvalue weighted by Crippen LogP contribution is 2.25. The predicted molar refractivity (Wildman–Crippen MR) is 73.0 cm³/mol. The van der Waals surface area contributed by atoms with Gasteiger partial charge in [0.05, 0.1) is 21.7 Å². The van der Waals surface area contributed by atoms with Gasteiger partial charge >= 0.3 is 0 Å². The first-order chi connectivity index (χ1) is 8.53. The number of halogens is 1.